The highest BCUT2D eigenvalue weighted by Gasteiger charge is 2.30. The van der Waals surface area contributed by atoms with E-state index in [9.17, 15) is 4.79 Å². The van der Waals surface area contributed by atoms with Crippen LogP contribution >= 0.6 is 22.6 Å². The maximum atomic E-state index is 11.7. The van der Waals surface area contributed by atoms with Crippen LogP contribution in [0.25, 0.3) is 0 Å². The average molecular weight is 374 g/mol. The molecule has 0 unspecified atom stereocenters. The minimum atomic E-state index is 0.0867. The van der Waals surface area contributed by atoms with Crippen molar-refractivity contribution in [3.8, 4) is 5.75 Å². The van der Waals surface area contributed by atoms with Crippen molar-refractivity contribution < 1.29 is 9.53 Å². The van der Waals surface area contributed by atoms with Gasteiger partial charge in [0.1, 0.15) is 12.4 Å². The zero-order valence-corrected chi connectivity index (χ0v) is 13.7. The molecule has 0 aliphatic carbocycles. The van der Waals surface area contributed by atoms with E-state index in [1.54, 1.807) is 6.92 Å². The van der Waals surface area contributed by atoms with Crippen molar-refractivity contribution in [3.05, 3.63) is 23.8 Å². The summed E-state index contributed by atoms with van der Waals surface area (Å²) in [5.74, 6) is 0.918. The van der Waals surface area contributed by atoms with Gasteiger partial charge in [0, 0.05) is 26.0 Å². The number of nitrogens with zero attached hydrogens (tertiary/aromatic N) is 2. The lowest BCUT2D eigenvalue weighted by atomic mass is 10.1. The van der Waals surface area contributed by atoms with Gasteiger partial charge in [0.05, 0.1) is 9.74 Å². The first-order valence-electron chi connectivity index (χ1n) is 6.33. The zero-order valence-electron chi connectivity index (χ0n) is 11.5. The Morgan fingerprint density at radius 1 is 1.53 bits per heavy atom. The zero-order chi connectivity index (χ0) is 14.0. The minimum Gasteiger partial charge on any atom is -0.492 e. The summed E-state index contributed by atoms with van der Waals surface area (Å²) in [5, 5.41) is 0. The second-order valence-corrected chi connectivity index (χ2v) is 6.41. The summed E-state index contributed by atoms with van der Waals surface area (Å²) in [6.07, 6.45) is 0.910. The first-order chi connectivity index (χ1) is 8.99. The molecule has 1 atom stereocenters. The predicted molar refractivity (Wildman–Crippen MR) is 85.2 cm³/mol. The number of alkyl halides is 1. The molecule has 0 spiro atoms. The number of hydrogen-bond acceptors (Lipinski definition) is 3. The number of likely N-dealkylation sites (N-methyl/N-ethyl adjacent to an activating group) is 1. The van der Waals surface area contributed by atoms with Crippen molar-refractivity contribution in [2.24, 2.45) is 0 Å². The lowest BCUT2D eigenvalue weighted by molar-refractivity contribution is -0.116. The first-order valence-corrected chi connectivity index (χ1v) is 7.58. The summed E-state index contributed by atoms with van der Waals surface area (Å²) in [6.45, 7) is 3.14. The third kappa shape index (κ3) is 3.39. The number of anilines is 1. The second kappa shape index (κ2) is 6.09. The van der Waals surface area contributed by atoms with E-state index in [2.05, 4.69) is 33.6 Å². The van der Waals surface area contributed by atoms with Crippen LogP contribution in [0.2, 0.25) is 0 Å². The topological polar surface area (TPSA) is 32.8 Å². The van der Waals surface area contributed by atoms with Crippen molar-refractivity contribution >= 4 is 34.2 Å². The number of fused-ring (bicyclic) bond motifs is 1. The van der Waals surface area contributed by atoms with Crippen LogP contribution in [0.5, 0.6) is 5.75 Å². The minimum absolute atomic E-state index is 0.0867. The van der Waals surface area contributed by atoms with Gasteiger partial charge in [-0.15, -0.1) is 0 Å². The molecule has 0 saturated carbocycles. The van der Waals surface area contributed by atoms with E-state index < -0.39 is 0 Å². The summed E-state index contributed by atoms with van der Waals surface area (Å²) < 4.78 is 5.93. The SMILES string of the molecule is CC(=O)N1c2cc(OCCN(C)C)ccc2C[C@@H]1I. The maximum absolute atomic E-state index is 11.7. The van der Waals surface area contributed by atoms with Gasteiger partial charge in [-0.2, -0.15) is 0 Å². The fraction of sp³-hybridized carbons (Fsp3) is 0.500. The Balaban J connectivity index is 2.12. The normalized spacial score (nSPS) is 17.7. The van der Waals surface area contributed by atoms with Crippen molar-refractivity contribution in [2.45, 2.75) is 17.4 Å². The van der Waals surface area contributed by atoms with Gasteiger partial charge in [-0.1, -0.05) is 28.7 Å². The molecule has 1 aromatic rings. The Morgan fingerprint density at radius 3 is 2.89 bits per heavy atom. The Labute approximate surface area is 127 Å². The van der Waals surface area contributed by atoms with E-state index in [-0.39, 0.29) is 9.96 Å². The number of rotatable bonds is 4. The Morgan fingerprint density at radius 2 is 2.26 bits per heavy atom. The number of hydrogen-bond donors (Lipinski definition) is 0. The van der Waals surface area contributed by atoms with Gasteiger partial charge in [0.2, 0.25) is 5.91 Å². The van der Waals surface area contributed by atoms with Gasteiger partial charge in [-0.05, 0) is 25.7 Å². The predicted octanol–water partition coefficient (Wildman–Crippen LogP) is 2.30. The summed E-state index contributed by atoms with van der Waals surface area (Å²) in [7, 11) is 4.04. The van der Waals surface area contributed by atoms with Crippen LogP contribution < -0.4 is 9.64 Å². The summed E-state index contributed by atoms with van der Waals surface area (Å²) >= 11 is 2.31. The van der Waals surface area contributed by atoms with E-state index in [0.717, 1.165) is 24.4 Å². The Bertz CT molecular complexity index is 477. The van der Waals surface area contributed by atoms with Crippen molar-refractivity contribution in [3.63, 3.8) is 0 Å². The molecule has 5 heteroatoms. The van der Waals surface area contributed by atoms with E-state index in [0.29, 0.717) is 6.61 Å². The number of benzene rings is 1. The highest BCUT2D eigenvalue weighted by atomic mass is 127. The van der Waals surface area contributed by atoms with Crippen LogP contribution in [0.1, 0.15) is 12.5 Å². The van der Waals surface area contributed by atoms with E-state index in [1.807, 2.05) is 31.1 Å². The smallest absolute Gasteiger partial charge is 0.224 e. The molecule has 0 aromatic heterocycles. The maximum Gasteiger partial charge on any atom is 0.224 e. The molecule has 19 heavy (non-hydrogen) atoms. The number of carbonyl (C=O) groups excluding carboxylic acids is 1. The van der Waals surface area contributed by atoms with Crippen LogP contribution in [-0.4, -0.2) is 42.1 Å². The molecule has 4 nitrogen and oxygen atoms in total. The van der Waals surface area contributed by atoms with Gasteiger partial charge in [-0.25, -0.2) is 0 Å². The first kappa shape index (κ1) is 14.6. The molecule has 1 aliphatic rings. The van der Waals surface area contributed by atoms with E-state index in [4.69, 9.17) is 4.74 Å². The highest BCUT2D eigenvalue weighted by Crippen LogP contribution is 2.37. The quantitative estimate of drug-likeness (QED) is 0.461. The molecule has 1 aliphatic heterocycles. The van der Waals surface area contributed by atoms with Gasteiger partial charge in [0.15, 0.2) is 0 Å². The van der Waals surface area contributed by atoms with E-state index >= 15 is 0 Å². The molecule has 0 fully saturated rings. The molecule has 2 rings (SSSR count). The summed E-state index contributed by atoms with van der Waals surface area (Å²) in [6, 6.07) is 6.03. The van der Waals surface area contributed by atoms with Gasteiger partial charge in [0.25, 0.3) is 0 Å². The molecular weight excluding hydrogens is 355 g/mol. The van der Waals surface area contributed by atoms with Crippen molar-refractivity contribution in [1.82, 2.24) is 4.90 Å². The number of ether oxygens (including phenoxy) is 1. The van der Waals surface area contributed by atoms with Gasteiger partial charge >= 0.3 is 0 Å². The fourth-order valence-corrected chi connectivity index (χ4v) is 3.33. The van der Waals surface area contributed by atoms with E-state index in [1.165, 1.54) is 5.56 Å². The summed E-state index contributed by atoms with van der Waals surface area (Å²) in [4.78, 5) is 15.6. The summed E-state index contributed by atoms with van der Waals surface area (Å²) in [5.41, 5.74) is 2.21. The second-order valence-electron chi connectivity index (χ2n) is 4.97. The van der Waals surface area contributed by atoms with Crippen LogP contribution in [0.4, 0.5) is 5.69 Å². The molecule has 104 valence electrons. The molecule has 0 saturated heterocycles. The Kier molecular flexibility index (Phi) is 4.67. The number of amides is 1. The lowest BCUT2D eigenvalue weighted by Crippen LogP contribution is -2.31. The largest absolute Gasteiger partial charge is 0.492 e. The van der Waals surface area contributed by atoms with Crippen molar-refractivity contribution in [1.29, 1.82) is 0 Å². The standard InChI is InChI=1S/C14H19IN2O2/c1-10(18)17-13-9-12(19-7-6-16(2)3)5-4-11(13)8-14(17)15/h4-5,9,14H,6-8H2,1-3H3/t14-/m1/s1. The van der Waals surface area contributed by atoms with Crippen LogP contribution in [0.15, 0.2) is 18.2 Å². The highest BCUT2D eigenvalue weighted by molar-refractivity contribution is 14.1. The van der Waals surface area contributed by atoms with Gasteiger partial charge < -0.3 is 9.64 Å². The molecule has 0 radical (unpaired) electrons. The molecule has 1 heterocycles. The van der Waals surface area contributed by atoms with Crippen LogP contribution in [-0.2, 0) is 11.2 Å². The van der Waals surface area contributed by atoms with Crippen molar-refractivity contribution in [2.75, 3.05) is 32.1 Å². The monoisotopic (exact) mass is 374 g/mol. The number of halogens is 1. The average Bonchev–Trinajstić information content (AvgIpc) is 2.63. The molecule has 1 amide bonds. The fourth-order valence-electron chi connectivity index (χ4n) is 2.17. The Hall–Kier alpha value is -0.820. The third-order valence-corrected chi connectivity index (χ3v) is 4.13. The molecule has 1 aromatic carbocycles. The molecule has 0 bridgehead atoms. The third-order valence-electron chi connectivity index (χ3n) is 3.13. The van der Waals surface area contributed by atoms with Crippen LogP contribution in [0.3, 0.4) is 0 Å². The van der Waals surface area contributed by atoms with Crippen LogP contribution in [0, 0.1) is 0 Å². The number of carbonyl (C=O) groups is 1. The molecular formula is C14H19IN2O2. The lowest BCUT2D eigenvalue weighted by Gasteiger charge is -2.20. The van der Waals surface area contributed by atoms with Gasteiger partial charge in [-0.3, -0.25) is 9.69 Å². The molecule has 0 N–H and O–H groups in total.